The number of benzene rings is 1. The predicted molar refractivity (Wildman–Crippen MR) is 90.1 cm³/mol. The average Bonchev–Trinajstić information content (AvgIpc) is 2.46. The van der Waals surface area contributed by atoms with Crippen molar-refractivity contribution in [2.45, 2.75) is 46.1 Å². The normalized spacial score (nSPS) is 27.3. The van der Waals surface area contributed by atoms with Crippen LogP contribution >= 0.6 is 11.6 Å². The van der Waals surface area contributed by atoms with Crippen LogP contribution in [0.2, 0.25) is 5.02 Å². The minimum absolute atomic E-state index is 0.434. The van der Waals surface area contributed by atoms with Crippen LogP contribution in [0.4, 0.5) is 0 Å². The van der Waals surface area contributed by atoms with E-state index in [-0.39, 0.29) is 0 Å². The molecule has 0 radical (unpaired) electrons. The maximum atomic E-state index is 6.01. The van der Waals surface area contributed by atoms with Gasteiger partial charge in [-0.25, -0.2) is 0 Å². The van der Waals surface area contributed by atoms with E-state index >= 15 is 0 Å². The molecule has 4 unspecified atom stereocenters. The van der Waals surface area contributed by atoms with Crippen LogP contribution in [-0.4, -0.2) is 19.2 Å². The zero-order chi connectivity index (χ0) is 15.2. The van der Waals surface area contributed by atoms with Crippen LogP contribution in [0, 0.1) is 17.8 Å². The highest BCUT2D eigenvalue weighted by molar-refractivity contribution is 6.30. The molecule has 118 valence electrons. The SMILES string of the molecule is CCNC(COc1cccc(Cl)c1)C1CCC(C)C(C)C1. The molecule has 21 heavy (non-hydrogen) atoms. The first-order valence-corrected chi connectivity index (χ1v) is 8.59. The number of hydrogen-bond acceptors (Lipinski definition) is 2. The van der Waals surface area contributed by atoms with Gasteiger partial charge in [-0.1, -0.05) is 44.9 Å². The lowest BCUT2D eigenvalue weighted by Crippen LogP contribution is -2.43. The third-order valence-electron chi connectivity index (χ3n) is 4.90. The molecule has 0 spiro atoms. The molecule has 0 heterocycles. The lowest BCUT2D eigenvalue weighted by molar-refractivity contribution is 0.137. The van der Waals surface area contributed by atoms with E-state index in [4.69, 9.17) is 16.3 Å². The highest BCUT2D eigenvalue weighted by atomic mass is 35.5. The molecule has 0 bridgehead atoms. The van der Waals surface area contributed by atoms with Gasteiger partial charge in [-0.3, -0.25) is 0 Å². The van der Waals surface area contributed by atoms with Gasteiger partial charge >= 0.3 is 0 Å². The molecule has 1 aliphatic carbocycles. The molecule has 2 rings (SSSR count). The molecular formula is C18H28ClNO. The first-order chi connectivity index (χ1) is 10.1. The largest absolute Gasteiger partial charge is 0.492 e. The molecule has 3 heteroatoms. The molecule has 4 atom stereocenters. The minimum atomic E-state index is 0.434. The monoisotopic (exact) mass is 309 g/mol. The summed E-state index contributed by atoms with van der Waals surface area (Å²) in [5.74, 6) is 3.26. The first kappa shape index (κ1) is 16.6. The van der Waals surface area contributed by atoms with Gasteiger partial charge in [0.2, 0.25) is 0 Å². The fourth-order valence-corrected chi connectivity index (χ4v) is 3.50. The molecule has 1 N–H and O–H groups in total. The molecule has 1 saturated carbocycles. The summed E-state index contributed by atoms with van der Waals surface area (Å²) in [4.78, 5) is 0. The Balaban J connectivity index is 1.92. The summed E-state index contributed by atoms with van der Waals surface area (Å²) in [6.07, 6.45) is 3.95. The quantitative estimate of drug-likeness (QED) is 0.817. The maximum absolute atomic E-state index is 6.01. The Morgan fingerprint density at radius 3 is 2.76 bits per heavy atom. The van der Waals surface area contributed by atoms with E-state index in [1.54, 1.807) is 0 Å². The molecule has 1 aliphatic rings. The van der Waals surface area contributed by atoms with E-state index in [0.717, 1.165) is 41.7 Å². The van der Waals surface area contributed by atoms with Crippen LogP contribution in [0.25, 0.3) is 0 Å². The lowest BCUT2D eigenvalue weighted by atomic mass is 9.73. The Bertz CT molecular complexity index is 437. The number of hydrogen-bond donors (Lipinski definition) is 1. The van der Waals surface area contributed by atoms with E-state index in [1.807, 2.05) is 24.3 Å². The fraction of sp³-hybridized carbons (Fsp3) is 0.667. The molecule has 1 fully saturated rings. The van der Waals surface area contributed by atoms with Crippen LogP contribution in [-0.2, 0) is 0 Å². The van der Waals surface area contributed by atoms with Crippen molar-refractivity contribution in [2.75, 3.05) is 13.2 Å². The van der Waals surface area contributed by atoms with Crippen molar-refractivity contribution in [1.82, 2.24) is 5.32 Å². The molecule has 0 saturated heterocycles. The van der Waals surface area contributed by atoms with Crippen LogP contribution in [0.3, 0.4) is 0 Å². The molecule has 0 aliphatic heterocycles. The molecule has 2 nitrogen and oxygen atoms in total. The topological polar surface area (TPSA) is 21.3 Å². The zero-order valence-electron chi connectivity index (χ0n) is 13.4. The first-order valence-electron chi connectivity index (χ1n) is 8.22. The average molecular weight is 310 g/mol. The van der Waals surface area contributed by atoms with Gasteiger partial charge in [-0.05, 0) is 55.3 Å². The third-order valence-corrected chi connectivity index (χ3v) is 5.13. The van der Waals surface area contributed by atoms with E-state index in [1.165, 1.54) is 19.3 Å². The Labute approximate surface area is 134 Å². The summed E-state index contributed by atoms with van der Waals surface area (Å²) < 4.78 is 5.97. The number of halogens is 1. The van der Waals surface area contributed by atoms with Crippen molar-refractivity contribution in [3.05, 3.63) is 29.3 Å². The number of ether oxygens (including phenoxy) is 1. The standard InChI is InChI=1S/C18H28ClNO/c1-4-20-18(15-9-8-13(2)14(3)10-15)12-21-17-7-5-6-16(19)11-17/h5-7,11,13-15,18,20H,4,8-10,12H2,1-3H3. The van der Waals surface area contributed by atoms with Crippen LogP contribution in [0.1, 0.15) is 40.0 Å². The zero-order valence-corrected chi connectivity index (χ0v) is 14.2. The van der Waals surface area contributed by atoms with Crippen molar-refractivity contribution >= 4 is 11.6 Å². The Morgan fingerprint density at radius 2 is 2.10 bits per heavy atom. The second kappa shape index (κ2) is 8.05. The van der Waals surface area contributed by atoms with Gasteiger partial charge in [0.05, 0.1) is 0 Å². The van der Waals surface area contributed by atoms with E-state index in [2.05, 4.69) is 26.1 Å². The lowest BCUT2D eigenvalue weighted by Gasteiger charge is -2.37. The summed E-state index contributed by atoms with van der Waals surface area (Å²) >= 11 is 6.01. The van der Waals surface area contributed by atoms with E-state index in [9.17, 15) is 0 Å². The summed E-state index contributed by atoms with van der Waals surface area (Å²) in [6.45, 7) is 8.65. The highest BCUT2D eigenvalue weighted by Gasteiger charge is 2.30. The van der Waals surface area contributed by atoms with Gasteiger partial charge in [-0.15, -0.1) is 0 Å². The maximum Gasteiger partial charge on any atom is 0.120 e. The van der Waals surface area contributed by atoms with Gasteiger partial charge in [0, 0.05) is 11.1 Å². The molecule has 0 aromatic heterocycles. The summed E-state index contributed by atoms with van der Waals surface area (Å²) in [5.41, 5.74) is 0. The number of nitrogens with one attached hydrogen (secondary N) is 1. The van der Waals surface area contributed by atoms with Gasteiger partial charge in [-0.2, -0.15) is 0 Å². The third kappa shape index (κ3) is 4.89. The molecule has 1 aromatic carbocycles. The van der Waals surface area contributed by atoms with Crippen molar-refractivity contribution < 1.29 is 4.74 Å². The second-order valence-corrected chi connectivity index (χ2v) is 6.90. The van der Waals surface area contributed by atoms with E-state index in [0.29, 0.717) is 6.04 Å². The predicted octanol–water partition coefficient (Wildman–Crippen LogP) is 4.77. The number of rotatable bonds is 6. The Hall–Kier alpha value is -0.730. The van der Waals surface area contributed by atoms with Gasteiger partial charge in [0.25, 0.3) is 0 Å². The number of likely N-dealkylation sites (N-methyl/N-ethyl adjacent to an activating group) is 1. The molecule has 1 aromatic rings. The van der Waals surface area contributed by atoms with Crippen molar-refractivity contribution in [3.63, 3.8) is 0 Å². The van der Waals surface area contributed by atoms with Gasteiger partial charge in [0.1, 0.15) is 12.4 Å². The van der Waals surface area contributed by atoms with E-state index < -0.39 is 0 Å². The van der Waals surface area contributed by atoms with Crippen LogP contribution in [0.5, 0.6) is 5.75 Å². The van der Waals surface area contributed by atoms with Gasteiger partial charge < -0.3 is 10.1 Å². The Kier molecular flexibility index (Phi) is 6.38. The van der Waals surface area contributed by atoms with Crippen molar-refractivity contribution in [3.8, 4) is 5.75 Å². The van der Waals surface area contributed by atoms with Gasteiger partial charge in [0.15, 0.2) is 0 Å². The van der Waals surface area contributed by atoms with Crippen LogP contribution < -0.4 is 10.1 Å². The van der Waals surface area contributed by atoms with Crippen LogP contribution in [0.15, 0.2) is 24.3 Å². The van der Waals surface area contributed by atoms with Crippen molar-refractivity contribution in [1.29, 1.82) is 0 Å². The highest BCUT2D eigenvalue weighted by Crippen LogP contribution is 2.35. The molecule has 0 amide bonds. The summed E-state index contributed by atoms with van der Waals surface area (Å²) in [6, 6.07) is 8.10. The minimum Gasteiger partial charge on any atom is -0.492 e. The Morgan fingerprint density at radius 1 is 1.29 bits per heavy atom. The summed E-state index contributed by atoms with van der Waals surface area (Å²) in [5, 5.41) is 4.34. The summed E-state index contributed by atoms with van der Waals surface area (Å²) in [7, 11) is 0. The smallest absolute Gasteiger partial charge is 0.120 e. The molecular weight excluding hydrogens is 282 g/mol. The second-order valence-electron chi connectivity index (χ2n) is 6.46. The van der Waals surface area contributed by atoms with Crippen molar-refractivity contribution in [2.24, 2.45) is 17.8 Å². The fourth-order valence-electron chi connectivity index (χ4n) is 3.32.